The number of methoxy groups -OCH3 is 1. The molecule has 1 unspecified atom stereocenters. The van der Waals surface area contributed by atoms with Gasteiger partial charge in [-0.05, 0) is 37.6 Å². The van der Waals surface area contributed by atoms with Crippen LogP contribution in [0.3, 0.4) is 0 Å². The normalized spacial score (nSPS) is 18.7. The van der Waals surface area contributed by atoms with Gasteiger partial charge in [-0.15, -0.1) is 0 Å². The molecule has 1 aromatic carbocycles. The van der Waals surface area contributed by atoms with E-state index in [1.165, 1.54) is 6.42 Å². The zero-order valence-electron chi connectivity index (χ0n) is 11.0. The van der Waals surface area contributed by atoms with Gasteiger partial charge in [0.25, 0.3) is 5.88 Å². The van der Waals surface area contributed by atoms with E-state index < -0.39 is 0 Å². The number of para-hydroxylation sites is 2. The lowest BCUT2D eigenvalue weighted by molar-refractivity contribution is 0.399. The molecule has 2 N–H and O–H groups in total. The van der Waals surface area contributed by atoms with Crippen molar-refractivity contribution in [2.24, 2.45) is 5.92 Å². The largest absolute Gasteiger partial charge is 0.478 e. The summed E-state index contributed by atoms with van der Waals surface area (Å²) in [6.45, 7) is 3.07. The van der Waals surface area contributed by atoms with Gasteiger partial charge in [0.05, 0.1) is 18.1 Å². The Hall–Kier alpha value is -1.88. The van der Waals surface area contributed by atoms with Crippen LogP contribution in [0.4, 0.5) is 5.82 Å². The molecule has 1 saturated heterocycles. The highest BCUT2D eigenvalue weighted by molar-refractivity contribution is 5.77. The Morgan fingerprint density at radius 2 is 2.11 bits per heavy atom. The molecular formula is C14H18N4O. The van der Waals surface area contributed by atoms with Crippen molar-refractivity contribution in [1.29, 1.82) is 0 Å². The van der Waals surface area contributed by atoms with E-state index >= 15 is 0 Å². The van der Waals surface area contributed by atoms with E-state index in [9.17, 15) is 0 Å². The van der Waals surface area contributed by atoms with Crippen molar-refractivity contribution in [3.05, 3.63) is 24.3 Å². The van der Waals surface area contributed by atoms with Crippen molar-refractivity contribution < 1.29 is 4.74 Å². The van der Waals surface area contributed by atoms with Crippen molar-refractivity contribution in [3.63, 3.8) is 0 Å². The number of anilines is 1. The minimum Gasteiger partial charge on any atom is -0.478 e. The van der Waals surface area contributed by atoms with Crippen LogP contribution in [0.15, 0.2) is 24.3 Å². The third kappa shape index (κ3) is 2.61. The Morgan fingerprint density at radius 1 is 1.32 bits per heavy atom. The molecule has 0 amide bonds. The summed E-state index contributed by atoms with van der Waals surface area (Å²) in [6, 6.07) is 7.82. The summed E-state index contributed by atoms with van der Waals surface area (Å²) in [7, 11) is 1.63. The van der Waals surface area contributed by atoms with Crippen LogP contribution in [0, 0.1) is 5.92 Å². The molecule has 1 aliphatic heterocycles. The highest BCUT2D eigenvalue weighted by Gasteiger charge is 2.16. The lowest BCUT2D eigenvalue weighted by atomic mass is 10.1. The van der Waals surface area contributed by atoms with Crippen LogP contribution in [0.25, 0.3) is 11.0 Å². The Kier molecular flexibility index (Phi) is 3.46. The van der Waals surface area contributed by atoms with Gasteiger partial charge in [0.15, 0.2) is 5.82 Å². The van der Waals surface area contributed by atoms with Gasteiger partial charge in [0, 0.05) is 6.54 Å². The molecule has 0 spiro atoms. The van der Waals surface area contributed by atoms with E-state index in [-0.39, 0.29) is 0 Å². The fourth-order valence-electron chi connectivity index (χ4n) is 2.37. The number of hydrogen-bond acceptors (Lipinski definition) is 5. The van der Waals surface area contributed by atoms with Crippen LogP contribution in [0.1, 0.15) is 6.42 Å². The van der Waals surface area contributed by atoms with E-state index in [2.05, 4.69) is 20.6 Å². The average Bonchev–Trinajstić information content (AvgIpc) is 2.97. The Bertz CT molecular complexity index is 566. The molecule has 0 aliphatic carbocycles. The predicted octanol–water partition coefficient (Wildman–Crippen LogP) is 1.66. The molecule has 5 nitrogen and oxygen atoms in total. The lowest BCUT2D eigenvalue weighted by Gasteiger charge is -2.13. The summed E-state index contributed by atoms with van der Waals surface area (Å²) in [5, 5.41) is 6.72. The lowest BCUT2D eigenvalue weighted by Crippen LogP contribution is -2.18. The van der Waals surface area contributed by atoms with E-state index in [0.29, 0.717) is 11.8 Å². The Balaban J connectivity index is 1.83. The molecule has 100 valence electrons. The second-order valence-electron chi connectivity index (χ2n) is 4.81. The summed E-state index contributed by atoms with van der Waals surface area (Å²) in [5.74, 6) is 1.94. The topological polar surface area (TPSA) is 59.1 Å². The molecular weight excluding hydrogens is 240 g/mol. The van der Waals surface area contributed by atoms with Crippen LogP contribution < -0.4 is 15.4 Å². The number of benzene rings is 1. The number of fused-ring (bicyclic) bond motifs is 1. The number of nitrogens with zero attached hydrogens (tertiary/aromatic N) is 2. The Morgan fingerprint density at radius 3 is 2.79 bits per heavy atom. The molecule has 3 rings (SSSR count). The number of ether oxygens (including phenoxy) is 1. The fourth-order valence-corrected chi connectivity index (χ4v) is 2.37. The highest BCUT2D eigenvalue weighted by atomic mass is 16.5. The summed E-state index contributed by atoms with van der Waals surface area (Å²) >= 11 is 0. The molecule has 2 aromatic rings. The van der Waals surface area contributed by atoms with Crippen LogP contribution in [-0.4, -0.2) is 36.7 Å². The molecule has 1 fully saturated rings. The van der Waals surface area contributed by atoms with E-state index in [1.807, 2.05) is 24.3 Å². The monoisotopic (exact) mass is 258 g/mol. The van der Waals surface area contributed by atoms with E-state index in [0.717, 1.165) is 36.5 Å². The first-order chi connectivity index (χ1) is 9.36. The number of aromatic nitrogens is 2. The van der Waals surface area contributed by atoms with Gasteiger partial charge in [-0.25, -0.2) is 9.97 Å². The fraction of sp³-hybridized carbons (Fsp3) is 0.429. The maximum absolute atomic E-state index is 5.32. The van der Waals surface area contributed by atoms with Gasteiger partial charge in [0.2, 0.25) is 0 Å². The van der Waals surface area contributed by atoms with Crippen LogP contribution in [0.2, 0.25) is 0 Å². The molecule has 19 heavy (non-hydrogen) atoms. The summed E-state index contributed by atoms with van der Waals surface area (Å²) in [6.07, 6.45) is 1.20. The van der Waals surface area contributed by atoms with Gasteiger partial charge in [0.1, 0.15) is 0 Å². The molecule has 5 heteroatoms. The van der Waals surface area contributed by atoms with Crippen molar-refractivity contribution in [3.8, 4) is 5.88 Å². The minimum atomic E-state index is 0.560. The average molecular weight is 258 g/mol. The molecule has 1 aromatic heterocycles. The maximum Gasteiger partial charge on any atom is 0.257 e. The molecule has 0 radical (unpaired) electrons. The molecule has 1 aliphatic rings. The number of hydrogen-bond donors (Lipinski definition) is 2. The first-order valence-electron chi connectivity index (χ1n) is 6.62. The predicted molar refractivity (Wildman–Crippen MR) is 75.6 cm³/mol. The maximum atomic E-state index is 5.32. The minimum absolute atomic E-state index is 0.560. The molecule has 2 heterocycles. The number of rotatable bonds is 4. The third-order valence-corrected chi connectivity index (χ3v) is 3.45. The van der Waals surface area contributed by atoms with Crippen molar-refractivity contribution in [2.45, 2.75) is 6.42 Å². The number of nitrogens with one attached hydrogen (secondary N) is 2. The Labute approximate surface area is 112 Å². The summed E-state index contributed by atoms with van der Waals surface area (Å²) < 4.78 is 5.32. The first-order valence-corrected chi connectivity index (χ1v) is 6.62. The summed E-state index contributed by atoms with van der Waals surface area (Å²) in [4.78, 5) is 9.06. The molecule has 0 bridgehead atoms. The summed E-state index contributed by atoms with van der Waals surface area (Å²) in [5.41, 5.74) is 1.74. The molecule has 0 saturated carbocycles. The SMILES string of the molecule is COc1nc2ccccc2nc1NCC1CCNC1. The van der Waals surface area contributed by atoms with E-state index in [4.69, 9.17) is 4.74 Å². The van der Waals surface area contributed by atoms with Crippen LogP contribution >= 0.6 is 0 Å². The van der Waals surface area contributed by atoms with Gasteiger partial charge < -0.3 is 15.4 Å². The highest BCUT2D eigenvalue weighted by Crippen LogP contribution is 2.23. The smallest absolute Gasteiger partial charge is 0.257 e. The quantitative estimate of drug-likeness (QED) is 0.873. The third-order valence-electron chi connectivity index (χ3n) is 3.45. The zero-order chi connectivity index (χ0) is 13.1. The second kappa shape index (κ2) is 5.40. The van der Waals surface area contributed by atoms with Crippen LogP contribution in [0.5, 0.6) is 5.88 Å². The van der Waals surface area contributed by atoms with Gasteiger partial charge in [-0.1, -0.05) is 12.1 Å². The molecule has 1 atom stereocenters. The van der Waals surface area contributed by atoms with Crippen molar-refractivity contribution >= 4 is 16.9 Å². The zero-order valence-corrected chi connectivity index (χ0v) is 11.0. The van der Waals surface area contributed by atoms with Crippen molar-refractivity contribution in [2.75, 3.05) is 32.1 Å². The standard InChI is InChI=1S/C14H18N4O/c1-19-14-13(16-9-10-6-7-15-8-10)17-11-4-2-3-5-12(11)18-14/h2-5,10,15H,6-9H2,1H3,(H,16,17). The van der Waals surface area contributed by atoms with Gasteiger partial charge in [-0.2, -0.15) is 0 Å². The first kappa shape index (κ1) is 12.2. The van der Waals surface area contributed by atoms with E-state index in [1.54, 1.807) is 7.11 Å². The van der Waals surface area contributed by atoms with Crippen molar-refractivity contribution in [1.82, 2.24) is 15.3 Å². The van der Waals surface area contributed by atoms with Gasteiger partial charge in [-0.3, -0.25) is 0 Å². The second-order valence-corrected chi connectivity index (χ2v) is 4.81. The van der Waals surface area contributed by atoms with Crippen LogP contribution in [-0.2, 0) is 0 Å². The van der Waals surface area contributed by atoms with Gasteiger partial charge >= 0.3 is 0 Å².